The average molecular weight is 187 g/mol. The van der Waals surface area contributed by atoms with Gasteiger partial charge in [-0.05, 0) is 13.8 Å². The zero-order valence-corrected chi connectivity index (χ0v) is 8.31. The molecule has 12 heavy (non-hydrogen) atoms. The number of hydrogen-bond acceptors (Lipinski definition) is 5. The molecule has 1 heterocycles. The molecule has 0 saturated carbocycles. The molecular weight excluding hydrogens is 174 g/mol. The summed E-state index contributed by atoms with van der Waals surface area (Å²) in [5.74, 6) is 0. The molecule has 2 N–H and O–H groups in total. The molecule has 0 radical (unpaired) electrons. The molecule has 5 heteroatoms. The number of nitrogens with two attached hydrogens (primary N) is 1. The Balaban J connectivity index is 2.88. The van der Waals surface area contributed by atoms with Gasteiger partial charge in [0.2, 0.25) is 0 Å². The second-order valence-electron chi connectivity index (χ2n) is 2.92. The van der Waals surface area contributed by atoms with Crippen molar-refractivity contribution in [2.75, 3.05) is 7.11 Å². The van der Waals surface area contributed by atoms with E-state index in [1.807, 2.05) is 13.8 Å². The highest BCUT2D eigenvalue weighted by Crippen LogP contribution is 2.26. The third kappa shape index (κ3) is 1.80. The lowest BCUT2D eigenvalue weighted by molar-refractivity contribution is 0.0185. The minimum atomic E-state index is -0.356. The van der Waals surface area contributed by atoms with Gasteiger partial charge in [0.1, 0.15) is 15.6 Å². The Bertz CT molecular complexity index is 259. The van der Waals surface area contributed by atoms with Crippen LogP contribution in [0.3, 0.4) is 0 Å². The Kier molecular flexibility index (Phi) is 2.76. The van der Waals surface area contributed by atoms with Crippen molar-refractivity contribution >= 4 is 11.3 Å². The van der Waals surface area contributed by atoms with Gasteiger partial charge in [0.05, 0.1) is 0 Å². The maximum atomic E-state index is 5.41. The van der Waals surface area contributed by atoms with E-state index in [4.69, 9.17) is 10.5 Å². The van der Waals surface area contributed by atoms with E-state index < -0.39 is 0 Å². The van der Waals surface area contributed by atoms with Crippen LogP contribution < -0.4 is 5.73 Å². The van der Waals surface area contributed by atoms with E-state index in [1.165, 1.54) is 11.3 Å². The summed E-state index contributed by atoms with van der Waals surface area (Å²) in [6, 6.07) is 0. The third-order valence-electron chi connectivity index (χ3n) is 1.67. The highest BCUT2D eigenvalue weighted by molar-refractivity contribution is 7.11. The molecule has 0 aliphatic heterocycles. The quantitative estimate of drug-likeness (QED) is 0.763. The summed E-state index contributed by atoms with van der Waals surface area (Å²) in [6.07, 6.45) is 0. The Morgan fingerprint density at radius 1 is 1.50 bits per heavy atom. The van der Waals surface area contributed by atoms with Gasteiger partial charge in [0, 0.05) is 13.7 Å². The van der Waals surface area contributed by atoms with Gasteiger partial charge in [-0.2, -0.15) is 0 Å². The van der Waals surface area contributed by atoms with Crippen LogP contribution in [0.4, 0.5) is 0 Å². The first-order valence-electron chi connectivity index (χ1n) is 3.68. The molecular formula is C7H13N3OS. The SMILES string of the molecule is COC(C)(C)c1nnc(CN)s1. The Morgan fingerprint density at radius 2 is 2.17 bits per heavy atom. The third-order valence-corrected chi connectivity index (χ3v) is 2.92. The van der Waals surface area contributed by atoms with Crippen molar-refractivity contribution in [1.29, 1.82) is 0 Å². The number of hydrogen-bond donors (Lipinski definition) is 1. The molecule has 0 unspecified atom stereocenters. The Labute approximate surface area is 75.8 Å². The second kappa shape index (κ2) is 3.47. The van der Waals surface area contributed by atoms with E-state index in [0.29, 0.717) is 6.54 Å². The van der Waals surface area contributed by atoms with E-state index in [2.05, 4.69) is 10.2 Å². The molecule has 1 rings (SSSR count). The summed E-state index contributed by atoms with van der Waals surface area (Å²) in [6.45, 7) is 4.35. The smallest absolute Gasteiger partial charge is 0.148 e. The molecule has 4 nitrogen and oxygen atoms in total. The lowest BCUT2D eigenvalue weighted by Gasteiger charge is -2.18. The minimum Gasteiger partial charge on any atom is -0.372 e. The predicted molar refractivity (Wildman–Crippen MR) is 47.8 cm³/mol. The van der Waals surface area contributed by atoms with Crippen LogP contribution in [0.25, 0.3) is 0 Å². The highest BCUT2D eigenvalue weighted by atomic mass is 32.1. The maximum absolute atomic E-state index is 5.41. The fraction of sp³-hybridized carbons (Fsp3) is 0.714. The predicted octanol–water partition coefficient (Wildman–Crippen LogP) is 0.878. The summed E-state index contributed by atoms with van der Waals surface area (Å²) in [4.78, 5) is 0. The van der Waals surface area contributed by atoms with E-state index in [-0.39, 0.29) is 5.60 Å². The van der Waals surface area contributed by atoms with Crippen molar-refractivity contribution in [3.05, 3.63) is 10.0 Å². The van der Waals surface area contributed by atoms with Crippen LogP contribution in [0.2, 0.25) is 0 Å². The van der Waals surface area contributed by atoms with Crippen LogP contribution in [-0.4, -0.2) is 17.3 Å². The van der Waals surface area contributed by atoms with Crippen molar-refractivity contribution in [3.63, 3.8) is 0 Å². The molecule has 1 aromatic rings. The van der Waals surface area contributed by atoms with Crippen molar-refractivity contribution in [2.45, 2.75) is 26.0 Å². The summed E-state index contributed by atoms with van der Waals surface area (Å²) >= 11 is 1.49. The number of nitrogens with zero attached hydrogens (tertiary/aromatic N) is 2. The Morgan fingerprint density at radius 3 is 2.58 bits per heavy atom. The lowest BCUT2D eigenvalue weighted by atomic mass is 10.1. The molecule has 0 atom stereocenters. The minimum absolute atomic E-state index is 0.356. The fourth-order valence-corrected chi connectivity index (χ4v) is 1.47. The fourth-order valence-electron chi connectivity index (χ4n) is 0.667. The summed E-state index contributed by atoms with van der Waals surface area (Å²) < 4.78 is 5.25. The molecule has 0 amide bonds. The van der Waals surface area contributed by atoms with Gasteiger partial charge in [0.15, 0.2) is 0 Å². The van der Waals surface area contributed by atoms with E-state index in [0.717, 1.165) is 10.0 Å². The summed E-state index contributed by atoms with van der Waals surface area (Å²) in [5, 5.41) is 9.61. The topological polar surface area (TPSA) is 61.0 Å². The summed E-state index contributed by atoms with van der Waals surface area (Å²) in [5.41, 5.74) is 5.06. The molecule has 0 aliphatic rings. The van der Waals surface area contributed by atoms with E-state index in [9.17, 15) is 0 Å². The van der Waals surface area contributed by atoms with Crippen LogP contribution in [0.15, 0.2) is 0 Å². The molecule has 0 spiro atoms. The largest absolute Gasteiger partial charge is 0.372 e. The van der Waals surface area contributed by atoms with Crippen LogP contribution >= 0.6 is 11.3 Å². The molecule has 0 bridgehead atoms. The number of ether oxygens (including phenoxy) is 1. The maximum Gasteiger partial charge on any atom is 0.148 e. The molecule has 0 aliphatic carbocycles. The monoisotopic (exact) mass is 187 g/mol. The number of aromatic nitrogens is 2. The van der Waals surface area contributed by atoms with Gasteiger partial charge in [-0.1, -0.05) is 11.3 Å². The molecule has 1 aromatic heterocycles. The van der Waals surface area contributed by atoms with E-state index >= 15 is 0 Å². The summed E-state index contributed by atoms with van der Waals surface area (Å²) in [7, 11) is 1.66. The Hall–Kier alpha value is -0.520. The first kappa shape index (κ1) is 9.57. The molecule has 68 valence electrons. The van der Waals surface area contributed by atoms with Gasteiger partial charge in [-0.15, -0.1) is 10.2 Å². The van der Waals surface area contributed by atoms with Gasteiger partial charge in [-0.25, -0.2) is 0 Å². The van der Waals surface area contributed by atoms with Crippen LogP contribution in [0, 0.1) is 0 Å². The molecule has 0 aromatic carbocycles. The lowest BCUT2D eigenvalue weighted by Crippen LogP contribution is -2.18. The standard InChI is InChI=1S/C7H13N3OS/c1-7(2,11-3)6-10-9-5(4-8)12-6/h4,8H2,1-3H3. The normalized spacial score (nSPS) is 12.0. The number of rotatable bonds is 3. The molecule has 0 saturated heterocycles. The van der Waals surface area contributed by atoms with Crippen LogP contribution in [-0.2, 0) is 16.9 Å². The van der Waals surface area contributed by atoms with Crippen molar-refractivity contribution in [2.24, 2.45) is 5.73 Å². The molecule has 0 fully saturated rings. The number of methoxy groups -OCH3 is 1. The van der Waals surface area contributed by atoms with Gasteiger partial charge in [-0.3, -0.25) is 0 Å². The van der Waals surface area contributed by atoms with Gasteiger partial charge >= 0.3 is 0 Å². The first-order valence-corrected chi connectivity index (χ1v) is 4.50. The van der Waals surface area contributed by atoms with E-state index in [1.54, 1.807) is 7.11 Å². The highest BCUT2D eigenvalue weighted by Gasteiger charge is 2.24. The zero-order valence-electron chi connectivity index (χ0n) is 7.50. The van der Waals surface area contributed by atoms with Crippen LogP contribution in [0.5, 0.6) is 0 Å². The average Bonchev–Trinajstić information content (AvgIpc) is 2.52. The van der Waals surface area contributed by atoms with Crippen molar-refractivity contribution < 1.29 is 4.74 Å². The van der Waals surface area contributed by atoms with Crippen molar-refractivity contribution in [1.82, 2.24) is 10.2 Å². The second-order valence-corrected chi connectivity index (χ2v) is 3.98. The van der Waals surface area contributed by atoms with Gasteiger partial charge < -0.3 is 10.5 Å². The first-order chi connectivity index (χ1) is 5.60. The zero-order chi connectivity index (χ0) is 9.19. The van der Waals surface area contributed by atoms with Gasteiger partial charge in [0.25, 0.3) is 0 Å². The van der Waals surface area contributed by atoms with Crippen molar-refractivity contribution in [3.8, 4) is 0 Å². The van der Waals surface area contributed by atoms with Crippen LogP contribution in [0.1, 0.15) is 23.9 Å².